The summed E-state index contributed by atoms with van der Waals surface area (Å²) in [5, 5.41) is 0. The Kier molecular flexibility index (Phi) is 2.64. The summed E-state index contributed by atoms with van der Waals surface area (Å²) >= 11 is 0. The summed E-state index contributed by atoms with van der Waals surface area (Å²) in [6.07, 6.45) is 0. The third-order valence-electron chi connectivity index (χ3n) is 2.69. The van der Waals surface area contributed by atoms with Gasteiger partial charge in [0, 0.05) is 6.54 Å². The molecule has 0 spiro atoms. The molecule has 1 aliphatic heterocycles. The summed E-state index contributed by atoms with van der Waals surface area (Å²) in [5.41, 5.74) is 11.0. The Hall–Kier alpha value is -2.21. The number of nitrogens with two attached hydrogens (primary N) is 2. The second kappa shape index (κ2) is 3.99. The molecule has 0 radical (unpaired) electrons. The van der Waals surface area contributed by atoms with Gasteiger partial charge in [0.1, 0.15) is 6.04 Å². The minimum Gasteiger partial charge on any atom is -0.368 e. The third-order valence-corrected chi connectivity index (χ3v) is 2.69. The standard InChI is InChI=1S/C11H11N3O3/c12-5-8(9(13)15)14-10(16)6-3-1-2-4-7(6)11(14)17/h1-4,8H,5,12H2,(H2,13,15). The van der Waals surface area contributed by atoms with Gasteiger partial charge < -0.3 is 11.5 Å². The van der Waals surface area contributed by atoms with E-state index >= 15 is 0 Å². The zero-order valence-electron chi connectivity index (χ0n) is 8.92. The van der Waals surface area contributed by atoms with Gasteiger partial charge in [0.2, 0.25) is 5.91 Å². The molecule has 0 aromatic heterocycles. The maximum absolute atomic E-state index is 12.0. The van der Waals surface area contributed by atoms with Crippen LogP contribution < -0.4 is 11.5 Å². The average Bonchev–Trinajstić information content (AvgIpc) is 2.56. The summed E-state index contributed by atoms with van der Waals surface area (Å²) in [5.74, 6) is -1.85. The first-order valence-corrected chi connectivity index (χ1v) is 5.04. The van der Waals surface area contributed by atoms with Gasteiger partial charge in [0.25, 0.3) is 11.8 Å². The number of amides is 3. The van der Waals surface area contributed by atoms with Crippen LogP contribution in [0.2, 0.25) is 0 Å². The summed E-state index contributed by atoms with van der Waals surface area (Å²) in [7, 11) is 0. The van der Waals surface area contributed by atoms with Crippen LogP contribution in [0.4, 0.5) is 0 Å². The molecule has 6 heteroatoms. The molecule has 1 aromatic carbocycles. The second-order valence-corrected chi connectivity index (χ2v) is 3.68. The topological polar surface area (TPSA) is 106 Å². The fraction of sp³-hybridized carbons (Fsp3) is 0.182. The predicted octanol–water partition coefficient (Wildman–Crippen LogP) is -0.905. The van der Waals surface area contributed by atoms with E-state index in [-0.39, 0.29) is 17.7 Å². The van der Waals surface area contributed by atoms with E-state index in [2.05, 4.69) is 0 Å². The number of carbonyl (C=O) groups is 3. The molecule has 1 heterocycles. The average molecular weight is 233 g/mol. The Morgan fingerprint density at radius 3 is 2.00 bits per heavy atom. The van der Waals surface area contributed by atoms with Crippen molar-refractivity contribution in [1.29, 1.82) is 0 Å². The molecule has 2 rings (SSSR count). The highest BCUT2D eigenvalue weighted by Gasteiger charge is 2.41. The smallest absolute Gasteiger partial charge is 0.262 e. The lowest BCUT2D eigenvalue weighted by atomic mass is 10.1. The zero-order valence-corrected chi connectivity index (χ0v) is 8.92. The van der Waals surface area contributed by atoms with Crippen LogP contribution in [-0.4, -0.2) is 35.2 Å². The van der Waals surface area contributed by atoms with Crippen molar-refractivity contribution in [2.24, 2.45) is 11.5 Å². The van der Waals surface area contributed by atoms with Crippen molar-refractivity contribution < 1.29 is 14.4 Å². The summed E-state index contributed by atoms with van der Waals surface area (Å²) < 4.78 is 0. The van der Waals surface area contributed by atoms with E-state index in [1.807, 2.05) is 0 Å². The molecule has 4 N–H and O–H groups in total. The van der Waals surface area contributed by atoms with Crippen LogP contribution in [0.25, 0.3) is 0 Å². The highest BCUT2D eigenvalue weighted by molar-refractivity contribution is 6.22. The number of fused-ring (bicyclic) bond motifs is 1. The Morgan fingerprint density at radius 2 is 1.65 bits per heavy atom. The van der Waals surface area contributed by atoms with Gasteiger partial charge in [-0.25, -0.2) is 0 Å². The normalized spacial score (nSPS) is 15.9. The van der Waals surface area contributed by atoms with Gasteiger partial charge in [-0.3, -0.25) is 19.3 Å². The molecule has 1 atom stereocenters. The van der Waals surface area contributed by atoms with Crippen molar-refractivity contribution in [3.63, 3.8) is 0 Å². The first-order chi connectivity index (χ1) is 8.07. The maximum atomic E-state index is 12.0. The molecule has 1 aliphatic rings. The fourth-order valence-corrected chi connectivity index (χ4v) is 1.84. The molecular formula is C11H11N3O3. The van der Waals surface area contributed by atoms with E-state index in [0.717, 1.165) is 4.90 Å². The molecule has 1 aromatic rings. The Bertz CT molecular complexity index is 477. The SMILES string of the molecule is NCC(C(N)=O)N1C(=O)c2ccccc2C1=O. The van der Waals surface area contributed by atoms with Gasteiger partial charge >= 0.3 is 0 Å². The van der Waals surface area contributed by atoms with Crippen molar-refractivity contribution >= 4 is 17.7 Å². The van der Waals surface area contributed by atoms with Crippen molar-refractivity contribution in [1.82, 2.24) is 4.90 Å². The van der Waals surface area contributed by atoms with Crippen molar-refractivity contribution in [3.8, 4) is 0 Å². The van der Waals surface area contributed by atoms with E-state index in [0.29, 0.717) is 0 Å². The van der Waals surface area contributed by atoms with Crippen LogP contribution in [0.15, 0.2) is 24.3 Å². The van der Waals surface area contributed by atoms with E-state index in [9.17, 15) is 14.4 Å². The van der Waals surface area contributed by atoms with Gasteiger partial charge in [-0.05, 0) is 12.1 Å². The number of rotatable bonds is 3. The number of hydrogen-bond acceptors (Lipinski definition) is 4. The molecule has 0 bridgehead atoms. The Morgan fingerprint density at radius 1 is 1.18 bits per heavy atom. The molecule has 88 valence electrons. The fourth-order valence-electron chi connectivity index (χ4n) is 1.84. The minimum absolute atomic E-state index is 0.180. The van der Waals surface area contributed by atoms with Crippen LogP contribution >= 0.6 is 0 Å². The zero-order chi connectivity index (χ0) is 12.6. The molecule has 0 saturated carbocycles. The maximum Gasteiger partial charge on any atom is 0.262 e. The summed E-state index contributed by atoms with van der Waals surface area (Å²) in [4.78, 5) is 35.9. The van der Waals surface area contributed by atoms with E-state index in [4.69, 9.17) is 11.5 Å². The molecule has 17 heavy (non-hydrogen) atoms. The number of benzene rings is 1. The largest absolute Gasteiger partial charge is 0.368 e. The van der Waals surface area contributed by atoms with Crippen LogP contribution in [0, 0.1) is 0 Å². The number of primary amides is 1. The van der Waals surface area contributed by atoms with Crippen LogP contribution in [0.1, 0.15) is 20.7 Å². The van der Waals surface area contributed by atoms with Crippen molar-refractivity contribution in [3.05, 3.63) is 35.4 Å². The quantitative estimate of drug-likeness (QED) is 0.659. The van der Waals surface area contributed by atoms with Gasteiger partial charge in [-0.2, -0.15) is 0 Å². The van der Waals surface area contributed by atoms with Gasteiger partial charge in [-0.15, -0.1) is 0 Å². The van der Waals surface area contributed by atoms with Gasteiger partial charge in [0.15, 0.2) is 0 Å². The number of imide groups is 1. The van der Waals surface area contributed by atoms with Crippen molar-refractivity contribution in [2.75, 3.05) is 6.54 Å². The van der Waals surface area contributed by atoms with Crippen LogP contribution in [-0.2, 0) is 4.79 Å². The second-order valence-electron chi connectivity index (χ2n) is 3.68. The molecule has 6 nitrogen and oxygen atoms in total. The predicted molar refractivity (Wildman–Crippen MR) is 59.0 cm³/mol. The van der Waals surface area contributed by atoms with E-state index < -0.39 is 23.8 Å². The number of nitrogens with zero attached hydrogens (tertiary/aromatic N) is 1. The summed E-state index contributed by atoms with van der Waals surface area (Å²) in [6.45, 7) is -0.180. The molecule has 3 amide bonds. The summed E-state index contributed by atoms with van der Waals surface area (Å²) in [6, 6.07) is 5.26. The van der Waals surface area contributed by atoms with Gasteiger partial charge in [-0.1, -0.05) is 12.1 Å². The molecule has 0 saturated heterocycles. The minimum atomic E-state index is -1.10. The van der Waals surface area contributed by atoms with E-state index in [1.54, 1.807) is 12.1 Å². The Labute approximate surface area is 97.2 Å². The highest BCUT2D eigenvalue weighted by Crippen LogP contribution is 2.23. The van der Waals surface area contributed by atoms with Crippen LogP contribution in [0.5, 0.6) is 0 Å². The molecule has 0 fully saturated rings. The number of hydrogen-bond donors (Lipinski definition) is 2. The first kappa shape index (κ1) is 11.3. The molecule has 1 unspecified atom stereocenters. The monoisotopic (exact) mass is 233 g/mol. The van der Waals surface area contributed by atoms with Crippen molar-refractivity contribution in [2.45, 2.75) is 6.04 Å². The van der Waals surface area contributed by atoms with Crippen LogP contribution in [0.3, 0.4) is 0 Å². The first-order valence-electron chi connectivity index (χ1n) is 5.04. The van der Waals surface area contributed by atoms with Gasteiger partial charge in [0.05, 0.1) is 11.1 Å². The molecular weight excluding hydrogens is 222 g/mol. The highest BCUT2D eigenvalue weighted by atomic mass is 16.2. The third kappa shape index (κ3) is 1.58. The lowest BCUT2D eigenvalue weighted by molar-refractivity contribution is -0.121. The number of carbonyl (C=O) groups excluding carboxylic acids is 3. The Balaban J connectivity index is 2.46. The molecule has 0 aliphatic carbocycles. The lowest BCUT2D eigenvalue weighted by Gasteiger charge is -2.21. The lowest BCUT2D eigenvalue weighted by Crippen LogP contribution is -2.51. The van der Waals surface area contributed by atoms with E-state index in [1.165, 1.54) is 12.1 Å².